The fourth-order valence-corrected chi connectivity index (χ4v) is 4.25. The number of carbonyl (C=O) groups is 4. The minimum Gasteiger partial charge on any atom is -0.445 e. The van der Waals surface area contributed by atoms with Gasteiger partial charge in [0.1, 0.15) is 18.7 Å². The Balaban J connectivity index is 1.42. The summed E-state index contributed by atoms with van der Waals surface area (Å²) >= 11 is 0. The molecule has 208 valence electrons. The Labute approximate surface area is 238 Å². The molecule has 0 saturated carbocycles. The normalized spacial score (nSPS) is 12.0. The van der Waals surface area contributed by atoms with E-state index >= 15 is 0 Å². The van der Waals surface area contributed by atoms with E-state index in [4.69, 9.17) is 10.5 Å². The molecule has 0 spiro atoms. The Hall–Kier alpha value is -5.24. The molecule has 0 aromatic heterocycles. The van der Waals surface area contributed by atoms with E-state index in [0.29, 0.717) is 16.7 Å². The predicted octanol–water partition coefficient (Wildman–Crippen LogP) is 3.97. The molecule has 2 atom stereocenters. The van der Waals surface area contributed by atoms with Crippen LogP contribution in [0.15, 0.2) is 115 Å². The molecule has 8 heteroatoms. The zero-order valence-corrected chi connectivity index (χ0v) is 22.4. The van der Waals surface area contributed by atoms with Gasteiger partial charge in [0.05, 0.1) is 0 Å². The second kappa shape index (κ2) is 14.2. The fraction of sp³-hybridized carbons (Fsp3) is 0.152. The van der Waals surface area contributed by atoms with Gasteiger partial charge in [-0.15, -0.1) is 0 Å². The Bertz CT molecular complexity index is 1460. The summed E-state index contributed by atoms with van der Waals surface area (Å²) in [5, 5.41) is 5.29. The molecule has 0 radical (unpaired) electrons. The maximum atomic E-state index is 13.3. The monoisotopic (exact) mass is 549 g/mol. The third-order valence-electron chi connectivity index (χ3n) is 6.46. The molecule has 4 N–H and O–H groups in total. The lowest BCUT2D eigenvalue weighted by Crippen LogP contribution is -2.54. The van der Waals surface area contributed by atoms with E-state index in [0.717, 1.165) is 11.1 Å². The number of ether oxygens (including phenoxy) is 1. The summed E-state index contributed by atoms with van der Waals surface area (Å²) in [6.45, 7) is 0.0407. The molecule has 4 aromatic carbocycles. The summed E-state index contributed by atoms with van der Waals surface area (Å²) in [5.74, 6) is -1.43. The van der Waals surface area contributed by atoms with Crippen LogP contribution in [-0.2, 0) is 33.8 Å². The van der Waals surface area contributed by atoms with Gasteiger partial charge in [-0.2, -0.15) is 0 Å². The van der Waals surface area contributed by atoms with E-state index in [2.05, 4.69) is 10.6 Å². The summed E-state index contributed by atoms with van der Waals surface area (Å²) < 4.78 is 5.31. The highest BCUT2D eigenvalue weighted by molar-refractivity contribution is 6.08. The van der Waals surface area contributed by atoms with Crippen LogP contribution in [0.5, 0.6) is 0 Å². The molecule has 3 amide bonds. The van der Waals surface area contributed by atoms with Gasteiger partial charge in [0.15, 0.2) is 5.78 Å². The van der Waals surface area contributed by atoms with Crippen LogP contribution in [-0.4, -0.2) is 35.8 Å². The van der Waals surface area contributed by atoms with Gasteiger partial charge in [0.25, 0.3) is 0 Å². The third-order valence-corrected chi connectivity index (χ3v) is 6.46. The van der Waals surface area contributed by atoms with Gasteiger partial charge < -0.3 is 21.1 Å². The molecule has 0 fully saturated rings. The first-order chi connectivity index (χ1) is 19.9. The smallest absolute Gasteiger partial charge is 0.408 e. The molecule has 0 heterocycles. The van der Waals surface area contributed by atoms with Crippen LogP contribution in [0.2, 0.25) is 0 Å². The highest BCUT2D eigenvalue weighted by Crippen LogP contribution is 2.13. The number of rotatable bonds is 12. The summed E-state index contributed by atoms with van der Waals surface area (Å²) in [6.07, 6.45) is -0.481. The molecular weight excluding hydrogens is 518 g/mol. The van der Waals surface area contributed by atoms with Crippen molar-refractivity contribution in [3.63, 3.8) is 0 Å². The van der Waals surface area contributed by atoms with Crippen LogP contribution in [0, 0.1) is 0 Å². The first-order valence-corrected chi connectivity index (χ1v) is 13.2. The van der Waals surface area contributed by atoms with Crippen LogP contribution in [0.4, 0.5) is 4.79 Å². The Morgan fingerprint density at radius 1 is 0.585 bits per heavy atom. The molecule has 4 rings (SSSR count). The van der Waals surface area contributed by atoms with E-state index in [9.17, 15) is 19.2 Å². The number of carbonyl (C=O) groups excluding carboxylic acids is 4. The number of hydrogen-bond acceptors (Lipinski definition) is 5. The Kier molecular flexibility index (Phi) is 9.98. The van der Waals surface area contributed by atoms with Gasteiger partial charge in [0, 0.05) is 24.0 Å². The molecule has 0 aliphatic heterocycles. The Morgan fingerprint density at radius 2 is 1.07 bits per heavy atom. The summed E-state index contributed by atoms with van der Waals surface area (Å²) in [7, 11) is 0. The average molecular weight is 550 g/mol. The van der Waals surface area contributed by atoms with Gasteiger partial charge in [-0.3, -0.25) is 14.4 Å². The minimum atomic E-state index is -1.04. The van der Waals surface area contributed by atoms with Crippen molar-refractivity contribution < 1.29 is 23.9 Å². The van der Waals surface area contributed by atoms with E-state index in [1.807, 2.05) is 66.7 Å². The number of nitrogens with one attached hydrogen (secondary N) is 2. The van der Waals surface area contributed by atoms with Gasteiger partial charge in [-0.25, -0.2) is 4.79 Å². The second-order valence-corrected chi connectivity index (χ2v) is 9.51. The molecule has 41 heavy (non-hydrogen) atoms. The van der Waals surface area contributed by atoms with Gasteiger partial charge in [-0.1, -0.05) is 115 Å². The molecule has 0 saturated heterocycles. The lowest BCUT2D eigenvalue weighted by Gasteiger charge is -2.22. The number of ketones is 1. The number of primary amides is 1. The first kappa shape index (κ1) is 28.8. The third kappa shape index (κ3) is 8.63. The topological polar surface area (TPSA) is 128 Å². The number of amides is 3. The summed E-state index contributed by atoms with van der Waals surface area (Å²) in [4.78, 5) is 50.9. The lowest BCUT2D eigenvalue weighted by atomic mass is 9.99. The van der Waals surface area contributed by atoms with Crippen LogP contribution < -0.4 is 16.4 Å². The molecule has 0 aliphatic rings. The molecule has 8 nitrogen and oxygen atoms in total. The van der Waals surface area contributed by atoms with Crippen molar-refractivity contribution in [1.29, 1.82) is 0 Å². The lowest BCUT2D eigenvalue weighted by molar-refractivity contribution is -0.128. The van der Waals surface area contributed by atoms with Gasteiger partial charge in [-0.05, 0) is 16.7 Å². The SMILES string of the molecule is NC(=O)[C@H](Cc1ccc(C(=O)c2ccccc2)cc1)NC(=O)[C@H](Cc1ccccc1)NC(=O)OCc1ccccc1. The highest BCUT2D eigenvalue weighted by atomic mass is 16.5. The van der Waals surface area contributed by atoms with Crippen LogP contribution in [0.1, 0.15) is 32.6 Å². The van der Waals surface area contributed by atoms with E-state index in [1.54, 1.807) is 48.5 Å². The van der Waals surface area contributed by atoms with E-state index < -0.39 is 30.0 Å². The fourth-order valence-electron chi connectivity index (χ4n) is 4.25. The molecule has 0 unspecified atom stereocenters. The van der Waals surface area contributed by atoms with Crippen molar-refractivity contribution in [2.24, 2.45) is 5.73 Å². The van der Waals surface area contributed by atoms with Crippen molar-refractivity contribution >= 4 is 23.7 Å². The quantitative estimate of drug-likeness (QED) is 0.231. The van der Waals surface area contributed by atoms with Crippen molar-refractivity contribution in [3.8, 4) is 0 Å². The minimum absolute atomic E-state index is 0.0407. The molecule has 4 aromatic rings. The van der Waals surface area contributed by atoms with Gasteiger partial charge in [0.2, 0.25) is 11.8 Å². The molecular formula is C33H31N3O5. The van der Waals surface area contributed by atoms with E-state index in [1.165, 1.54) is 0 Å². The van der Waals surface area contributed by atoms with Crippen molar-refractivity contribution in [3.05, 3.63) is 143 Å². The molecule has 0 aliphatic carbocycles. The van der Waals surface area contributed by atoms with Crippen LogP contribution in [0.25, 0.3) is 0 Å². The Morgan fingerprint density at radius 3 is 1.66 bits per heavy atom. The van der Waals surface area contributed by atoms with Gasteiger partial charge >= 0.3 is 6.09 Å². The highest BCUT2D eigenvalue weighted by Gasteiger charge is 2.27. The van der Waals surface area contributed by atoms with Crippen LogP contribution >= 0.6 is 0 Å². The number of benzene rings is 4. The second-order valence-electron chi connectivity index (χ2n) is 9.51. The summed E-state index contributed by atoms with van der Waals surface area (Å²) in [6, 6.07) is 32.0. The van der Waals surface area contributed by atoms with Crippen molar-refractivity contribution in [1.82, 2.24) is 10.6 Å². The van der Waals surface area contributed by atoms with Crippen molar-refractivity contribution in [2.75, 3.05) is 0 Å². The average Bonchev–Trinajstić information content (AvgIpc) is 3.00. The summed E-state index contributed by atoms with van der Waals surface area (Å²) in [5.41, 5.74) is 9.02. The van der Waals surface area contributed by atoms with Crippen LogP contribution in [0.3, 0.4) is 0 Å². The maximum absolute atomic E-state index is 13.3. The predicted molar refractivity (Wildman–Crippen MR) is 155 cm³/mol. The zero-order valence-electron chi connectivity index (χ0n) is 22.4. The zero-order chi connectivity index (χ0) is 29.0. The maximum Gasteiger partial charge on any atom is 0.408 e. The van der Waals surface area contributed by atoms with E-state index in [-0.39, 0.29) is 25.2 Å². The number of hydrogen-bond donors (Lipinski definition) is 3. The molecule has 0 bridgehead atoms. The first-order valence-electron chi connectivity index (χ1n) is 13.2. The largest absolute Gasteiger partial charge is 0.445 e. The number of alkyl carbamates (subject to hydrolysis) is 1. The standard InChI is InChI=1S/C33H31N3O5/c34-31(38)28(20-24-16-18-27(19-17-24)30(37)26-14-8-3-9-15-26)35-32(39)29(21-23-10-4-1-5-11-23)36-33(40)41-22-25-12-6-2-7-13-25/h1-19,28-29H,20-22H2,(H2,34,38)(H,35,39)(H,36,40)/t28-,29-/m0/s1. The number of nitrogens with two attached hydrogens (primary N) is 1. The van der Waals surface area contributed by atoms with Crippen molar-refractivity contribution in [2.45, 2.75) is 31.5 Å².